The van der Waals surface area contributed by atoms with Gasteiger partial charge in [0.1, 0.15) is 12.4 Å². The lowest BCUT2D eigenvalue weighted by Gasteiger charge is -2.31. The van der Waals surface area contributed by atoms with Gasteiger partial charge in [0.05, 0.1) is 6.04 Å². The van der Waals surface area contributed by atoms with E-state index in [-0.39, 0.29) is 6.04 Å². The molecule has 0 bridgehead atoms. The Morgan fingerprint density at radius 2 is 1.53 bits per heavy atom. The van der Waals surface area contributed by atoms with Crippen molar-refractivity contribution in [1.29, 1.82) is 0 Å². The molecule has 0 saturated carbocycles. The van der Waals surface area contributed by atoms with Crippen molar-refractivity contribution < 1.29 is 4.74 Å². The SMILES string of the molecule is c1ccc(COc2cccc(C(c3ccc4ccccc4c3)N3CCCNCC3)c2)cc1. The molecule has 1 N–H and O–H groups in total. The summed E-state index contributed by atoms with van der Waals surface area (Å²) >= 11 is 0. The molecule has 3 heteroatoms. The first-order valence-electron chi connectivity index (χ1n) is 11.6. The summed E-state index contributed by atoms with van der Waals surface area (Å²) < 4.78 is 6.17. The minimum atomic E-state index is 0.208. The standard InChI is InChI=1S/C29H30N2O/c1-2-8-23(9-3-1)22-32-28-13-6-12-26(21-28)29(31-18-7-16-30-17-19-31)27-15-14-24-10-4-5-11-25(24)20-27/h1-6,8-15,20-21,29-30H,7,16-19,22H2. The van der Waals surface area contributed by atoms with Crippen molar-refractivity contribution in [2.45, 2.75) is 19.1 Å². The van der Waals surface area contributed by atoms with Crippen molar-refractivity contribution in [3.8, 4) is 5.75 Å². The summed E-state index contributed by atoms with van der Waals surface area (Å²) in [6.45, 7) is 4.81. The van der Waals surface area contributed by atoms with Crippen LogP contribution in [0.2, 0.25) is 0 Å². The Hall–Kier alpha value is -3.14. The van der Waals surface area contributed by atoms with Crippen LogP contribution in [0.3, 0.4) is 0 Å². The van der Waals surface area contributed by atoms with Crippen LogP contribution in [0, 0.1) is 0 Å². The van der Waals surface area contributed by atoms with Crippen LogP contribution < -0.4 is 10.1 Å². The monoisotopic (exact) mass is 422 g/mol. The molecule has 1 unspecified atom stereocenters. The summed E-state index contributed by atoms with van der Waals surface area (Å²) in [6, 6.07) is 34.7. The van der Waals surface area contributed by atoms with Gasteiger partial charge < -0.3 is 10.1 Å². The fourth-order valence-corrected chi connectivity index (χ4v) is 4.63. The van der Waals surface area contributed by atoms with Crippen molar-refractivity contribution >= 4 is 10.8 Å². The van der Waals surface area contributed by atoms with Crippen LogP contribution in [0.1, 0.15) is 29.2 Å². The summed E-state index contributed by atoms with van der Waals surface area (Å²) in [5.74, 6) is 0.921. The summed E-state index contributed by atoms with van der Waals surface area (Å²) in [7, 11) is 0. The van der Waals surface area contributed by atoms with Gasteiger partial charge >= 0.3 is 0 Å². The van der Waals surface area contributed by atoms with Gasteiger partial charge in [0, 0.05) is 19.6 Å². The molecule has 1 fully saturated rings. The molecule has 0 aromatic heterocycles. The number of ether oxygens (including phenoxy) is 1. The Kier molecular flexibility index (Phi) is 6.48. The first-order chi connectivity index (χ1) is 15.9. The highest BCUT2D eigenvalue weighted by molar-refractivity contribution is 5.83. The van der Waals surface area contributed by atoms with Gasteiger partial charge in [-0.2, -0.15) is 0 Å². The first-order valence-corrected chi connectivity index (χ1v) is 11.6. The van der Waals surface area contributed by atoms with E-state index < -0.39 is 0 Å². The maximum Gasteiger partial charge on any atom is 0.120 e. The number of nitrogens with one attached hydrogen (secondary N) is 1. The summed E-state index contributed by atoms with van der Waals surface area (Å²) in [4.78, 5) is 2.61. The van der Waals surface area contributed by atoms with Gasteiger partial charge in [0.25, 0.3) is 0 Å². The van der Waals surface area contributed by atoms with E-state index in [9.17, 15) is 0 Å². The van der Waals surface area contributed by atoms with E-state index >= 15 is 0 Å². The van der Waals surface area contributed by atoms with E-state index in [1.165, 1.54) is 27.5 Å². The number of benzene rings is 4. The molecule has 0 amide bonds. The zero-order valence-corrected chi connectivity index (χ0v) is 18.4. The minimum absolute atomic E-state index is 0.208. The van der Waals surface area contributed by atoms with E-state index in [0.29, 0.717) is 6.61 Å². The molecule has 0 spiro atoms. The average Bonchev–Trinajstić information content (AvgIpc) is 3.13. The maximum atomic E-state index is 6.17. The lowest BCUT2D eigenvalue weighted by Crippen LogP contribution is -2.33. The molecule has 0 aliphatic carbocycles. The third-order valence-electron chi connectivity index (χ3n) is 6.25. The highest BCUT2D eigenvalue weighted by Gasteiger charge is 2.24. The molecule has 0 radical (unpaired) electrons. The van der Waals surface area contributed by atoms with Crippen LogP contribution >= 0.6 is 0 Å². The number of hydrogen-bond donors (Lipinski definition) is 1. The van der Waals surface area contributed by atoms with Gasteiger partial charge in [0.2, 0.25) is 0 Å². The Morgan fingerprint density at radius 3 is 2.44 bits per heavy atom. The van der Waals surface area contributed by atoms with Crippen molar-refractivity contribution in [2.24, 2.45) is 0 Å². The molecule has 1 aliphatic rings. The predicted molar refractivity (Wildman–Crippen MR) is 132 cm³/mol. The van der Waals surface area contributed by atoms with Crippen LogP contribution in [-0.2, 0) is 6.61 Å². The fourth-order valence-electron chi connectivity index (χ4n) is 4.63. The number of hydrogen-bond acceptors (Lipinski definition) is 3. The largest absolute Gasteiger partial charge is 0.489 e. The van der Waals surface area contributed by atoms with Crippen LogP contribution in [-0.4, -0.2) is 31.1 Å². The highest BCUT2D eigenvalue weighted by Crippen LogP contribution is 2.33. The molecule has 1 heterocycles. The second-order valence-corrected chi connectivity index (χ2v) is 8.50. The average molecular weight is 423 g/mol. The van der Waals surface area contributed by atoms with Crippen molar-refractivity contribution in [3.05, 3.63) is 114 Å². The second-order valence-electron chi connectivity index (χ2n) is 8.50. The van der Waals surface area contributed by atoms with E-state index in [1.807, 2.05) is 6.07 Å². The molecule has 162 valence electrons. The zero-order chi connectivity index (χ0) is 21.6. The molecule has 1 saturated heterocycles. The smallest absolute Gasteiger partial charge is 0.120 e. The van der Waals surface area contributed by atoms with Gasteiger partial charge in [-0.15, -0.1) is 0 Å². The van der Waals surface area contributed by atoms with Gasteiger partial charge in [-0.3, -0.25) is 4.90 Å². The molecule has 3 nitrogen and oxygen atoms in total. The molecule has 4 aromatic rings. The number of fused-ring (bicyclic) bond motifs is 1. The number of rotatable bonds is 6. The van der Waals surface area contributed by atoms with E-state index in [4.69, 9.17) is 4.74 Å². The van der Waals surface area contributed by atoms with Crippen LogP contribution in [0.25, 0.3) is 10.8 Å². The zero-order valence-electron chi connectivity index (χ0n) is 18.4. The Labute approximate surface area is 190 Å². The highest BCUT2D eigenvalue weighted by atomic mass is 16.5. The van der Waals surface area contributed by atoms with Crippen LogP contribution in [0.15, 0.2) is 97.1 Å². The molecule has 32 heavy (non-hydrogen) atoms. The minimum Gasteiger partial charge on any atom is -0.489 e. The van der Waals surface area contributed by atoms with Gasteiger partial charge in [-0.05, 0) is 58.6 Å². The van der Waals surface area contributed by atoms with Crippen molar-refractivity contribution in [2.75, 3.05) is 26.2 Å². The third-order valence-corrected chi connectivity index (χ3v) is 6.25. The summed E-state index contributed by atoms with van der Waals surface area (Å²) in [5.41, 5.74) is 3.81. The van der Waals surface area contributed by atoms with Crippen molar-refractivity contribution in [3.63, 3.8) is 0 Å². The Morgan fingerprint density at radius 1 is 0.719 bits per heavy atom. The molecule has 1 atom stereocenters. The summed E-state index contributed by atoms with van der Waals surface area (Å²) in [5, 5.41) is 6.12. The fraction of sp³-hybridized carbons (Fsp3) is 0.241. The topological polar surface area (TPSA) is 24.5 Å². The van der Waals surface area contributed by atoms with Crippen molar-refractivity contribution in [1.82, 2.24) is 10.2 Å². The lowest BCUT2D eigenvalue weighted by atomic mass is 9.94. The van der Waals surface area contributed by atoms with Gasteiger partial charge in [0.15, 0.2) is 0 Å². The van der Waals surface area contributed by atoms with E-state index in [2.05, 4.69) is 101 Å². The molecular formula is C29H30N2O. The van der Waals surface area contributed by atoms with Gasteiger partial charge in [-0.25, -0.2) is 0 Å². The lowest BCUT2D eigenvalue weighted by molar-refractivity contribution is 0.240. The molecule has 5 rings (SSSR count). The van der Waals surface area contributed by atoms with Gasteiger partial charge in [-0.1, -0.05) is 78.9 Å². The number of nitrogens with zero attached hydrogens (tertiary/aromatic N) is 1. The predicted octanol–water partition coefficient (Wildman–Crippen LogP) is 5.80. The quantitative estimate of drug-likeness (QED) is 0.425. The molecule has 1 aliphatic heterocycles. The molecular weight excluding hydrogens is 392 g/mol. The molecule has 4 aromatic carbocycles. The van der Waals surface area contributed by atoms with E-state index in [1.54, 1.807) is 0 Å². The third kappa shape index (κ3) is 4.85. The van der Waals surface area contributed by atoms with Crippen LogP contribution in [0.5, 0.6) is 5.75 Å². The maximum absolute atomic E-state index is 6.17. The Bertz CT molecular complexity index is 1150. The second kappa shape index (κ2) is 9.99. The summed E-state index contributed by atoms with van der Waals surface area (Å²) in [6.07, 6.45) is 1.16. The Balaban J connectivity index is 1.48. The van der Waals surface area contributed by atoms with Crippen LogP contribution in [0.4, 0.5) is 0 Å². The first kappa shape index (κ1) is 20.7. The van der Waals surface area contributed by atoms with E-state index in [0.717, 1.165) is 38.3 Å². The normalized spacial score (nSPS) is 15.9.